The summed E-state index contributed by atoms with van der Waals surface area (Å²) in [6.07, 6.45) is 2.76. The zero-order chi connectivity index (χ0) is 13.1. The molecule has 0 aliphatic rings. The van der Waals surface area contributed by atoms with Crippen LogP contribution in [0.25, 0.3) is 11.4 Å². The van der Waals surface area contributed by atoms with Crippen LogP contribution in [0.15, 0.2) is 60.8 Å². The first kappa shape index (κ1) is 12.0. The molecule has 0 aliphatic heterocycles. The fourth-order valence-corrected chi connectivity index (χ4v) is 2.13. The van der Waals surface area contributed by atoms with Gasteiger partial charge in [0.25, 0.3) is 0 Å². The van der Waals surface area contributed by atoms with Crippen molar-refractivity contribution in [3.63, 3.8) is 0 Å². The van der Waals surface area contributed by atoms with Gasteiger partial charge in [0.15, 0.2) is 0 Å². The van der Waals surface area contributed by atoms with E-state index in [1.807, 2.05) is 60.8 Å². The van der Waals surface area contributed by atoms with Gasteiger partial charge in [-0.2, -0.15) is 0 Å². The summed E-state index contributed by atoms with van der Waals surface area (Å²) < 4.78 is 0. The maximum atomic E-state index is 5.88. The van der Waals surface area contributed by atoms with E-state index in [1.54, 1.807) is 0 Å². The van der Waals surface area contributed by atoms with Gasteiger partial charge in [0.1, 0.15) is 5.82 Å². The van der Waals surface area contributed by atoms with Crippen molar-refractivity contribution < 1.29 is 0 Å². The smallest absolute Gasteiger partial charge is 0.137 e. The van der Waals surface area contributed by atoms with Crippen LogP contribution in [0.1, 0.15) is 11.3 Å². The number of aromatic nitrogens is 2. The van der Waals surface area contributed by atoms with Crippen LogP contribution in [0.4, 0.5) is 0 Å². The summed E-state index contributed by atoms with van der Waals surface area (Å²) in [6, 6.07) is 18.0. The van der Waals surface area contributed by atoms with Crippen molar-refractivity contribution in [1.29, 1.82) is 0 Å². The molecule has 0 unspecified atom stereocenters. The minimum Gasteiger partial charge on any atom is -0.344 e. The predicted octanol–water partition coefficient (Wildman–Crippen LogP) is 4.32. The van der Waals surface area contributed by atoms with Crippen molar-refractivity contribution in [3.05, 3.63) is 77.1 Å². The van der Waals surface area contributed by atoms with Crippen molar-refractivity contribution in [3.8, 4) is 11.4 Å². The Hall–Kier alpha value is -2.06. The summed E-state index contributed by atoms with van der Waals surface area (Å²) in [5.74, 6) is 0.907. The van der Waals surface area contributed by atoms with Crippen molar-refractivity contribution in [2.45, 2.75) is 6.42 Å². The van der Waals surface area contributed by atoms with Gasteiger partial charge in [-0.15, -0.1) is 0 Å². The molecule has 19 heavy (non-hydrogen) atoms. The van der Waals surface area contributed by atoms with Gasteiger partial charge in [-0.3, -0.25) is 0 Å². The van der Waals surface area contributed by atoms with E-state index >= 15 is 0 Å². The fraction of sp³-hybridized carbons (Fsp3) is 0.0625. The lowest BCUT2D eigenvalue weighted by atomic mass is 10.1. The van der Waals surface area contributed by atoms with Crippen LogP contribution < -0.4 is 0 Å². The molecule has 0 bridgehead atoms. The lowest BCUT2D eigenvalue weighted by Crippen LogP contribution is -1.88. The SMILES string of the molecule is Clc1ccc(Cc2c[nH]c(-c3ccccc3)n2)cc1. The molecule has 3 aromatic rings. The molecular weight excluding hydrogens is 256 g/mol. The minimum atomic E-state index is 0.760. The van der Waals surface area contributed by atoms with Gasteiger partial charge in [0.2, 0.25) is 0 Å². The number of H-pyrrole nitrogens is 1. The maximum absolute atomic E-state index is 5.88. The Morgan fingerprint density at radius 3 is 2.42 bits per heavy atom. The number of aromatic amines is 1. The highest BCUT2D eigenvalue weighted by atomic mass is 35.5. The van der Waals surface area contributed by atoms with Crippen LogP contribution in [0.5, 0.6) is 0 Å². The number of halogens is 1. The minimum absolute atomic E-state index is 0.760. The Morgan fingerprint density at radius 2 is 1.68 bits per heavy atom. The number of benzene rings is 2. The van der Waals surface area contributed by atoms with E-state index in [0.717, 1.165) is 28.5 Å². The van der Waals surface area contributed by atoms with Crippen LogP contribution >= 0.6 is 11.6 Å². The van der Waals surface area contributed by atoms with Gasteiger partial charge in [0.05, 0.1) is 5.69 Å². The normalized spacial score (nSPS) is 10.6. The number of nitrogens with one attached hydrogen (secondary N) is 1. The lowest BCUT2D eigenvalue weighted by Gasteiger charge is -1.98. The molecule has 94 valence electrons. The molecule has 0 radical (unpaired) electrons. The third-order valence-corrected chi connectivity index (χ3v) is 3.23. The highest BCUT2D eigenvalue weighted by Gasteiger charge is 2.04. The molecule has 1 heterocycles. The number of imidazole rings is 1. The summed E-state index contributed by atoms with van der Waals surface area (Å²) in [7, 11) is 0. The predicted molar refractivity (Wildman–Crippen MR) is 78.3 cm³/mol. The molecule has 0 saturated carbocycles. The van der Waals surface area contributed by atoms with Crippen LogP contribution in [-0.2, 0) is 6.42 Å². The van der Waals surface area contributed by atoms with Crippen LogP contribution in [-0.4, -0.2) is 9.97 Å². The van der Waals surface area contributed by atoms with E-state index in [-0.39, 0.29) is 0 Å². The molecule has 1 N–H and O–H groups in total. The Labute approximate surface area is 117 Å². The van der Waals surface area contributed by atoms with Crippen molar-refractivity contribution in [2.75, 3.05) is 0 Å². The second kappa shape index (κ2) is 5.29. The summed E-state index contributed by atoms with van der Waals surface area (Å²) in [6.45, 7) is 0. The monoisotopic (exact) mass is 268 g/mol. The molecular formula is C16H13ClN2. The number of nitrogens with zero attached hydrogens (tertiary/aromatic N) is 1. The van der Waals surface area contributed by atoms with Gasteiger partial charge in [-0.1, -0.05) is 54.1 Å². The summed E-state index contributed by atoms with van der Waals surface area (Å²) in [5.41, 5.74) is 3.33. The number of hydrogen-bond acceptors (Lipinski definition) is 1. The molecule has 3 heteroatoms. The topological polar surface area (TPSA) is 28.7 Å². The standard InChI is InChI=1S/C16H13ClN2/c17-14-8-6-12(7-9-14)10-15-11-18-16(19-15)13-4-2-1-3-5-13/h1-9,11H,10H2,(H,18,19). The van der Waals surface area contributed by atoms with Crippen LogP contribution in [0.3, 0.4) is 0 Å². The molecule has 0 fully saturated rings. The van der Waals surface area contributed by atoms with Gasteiger partial charge >= 0.3 is 0 Å². The molecule has 2 nitrogen and oxygen atoms in total. The average molecular weight is 269 g/mol. The molecule has 3 rings (SSSR count). The molecule has 2 aromatic carbocycles. The third kappa shape index (κ3) is 2.85. The fourth-order valence-electron chi connectivity index (χ4n) is 2.01. The van der Waals surface area contributed by atoms with Gasteiger partial charge in [-0.05, 0) is 17.7 Å². The number of hydrogen-bond donors (Lipinski definition) is 1. The first-order valence-electron chi connectivity index (χ1n) is 6.15. The molecule has 0 spiro atoms. The molecule has 0 amide bonds. The quantitative estimate of drug-likeness (QED) is 0.753. The molecule has 0 atom stereocenters. The van der Waals surface area contributed by atoms with Gasteiger partial charge < -0.3 is 4.98 Å². The van der Waals surface area contributed by atoms with Crippen molar-refractivity contribution >= 4 is 11.6 Å². The average Bonchev–Trinajstić information content (AvgIpc) is 2.91. The van der Waals surface area contributed by atoms with Gasteiger partial charge in [-0.25, -0.2) is 4.98 Å². The molecule has 0 aliphatic carbocycles. The van der Waals surface area contributed by atoms with E-state index in [2.05, 4.69) is 9.97 Å². The Morgan fingerprint density at radius 1 is 0.947 bits per heavy atom. The van der Waals surface area contributed by atoms with E-state index in [9.17, 15) is 0 Å². The number of rotatable bonds is 3. The maximum Gasteiger partial charge on any atom is 0.137 e. The summed E-state index contributed by atoms with van der Waals surface area (Å²) >= 11 is 5.88. The van der Waals surface area contributed by atoms with Gasteiger partial charge in [0, 0.05) is 23.2 Å². The van der Waals surface area contributed by atoms with E-state index in [0.29, 0.717) is 0 Å². The first-order valence-corrected chi connectivity index (χ1v) is 6.53. The largest absolute Gasteiger partial charge is 0.344 e. The molecule has 1 aromatic heterocycles. The van der Waals surface area contributed by atoms with Crippen molar-refractivity contribution in [2.24, 2.45) is 0 Å². The highest BCUT2D eigenvalue weighted by molar-refractivity contribution is 6.30. The second-order valence-electron chi connectivity index (χ2n) is 4.41. The zero-order valence-corrected chi connectivity index (χ0v) is 11.1. The van der Waals surface area contributed by atoms with E-state index in [4.69, 9.17) is 11.6 Å². The van der Waals surface area contributed by atoms with E-state index < -0.39 is 0 Å². The van der Waals surface area contributed by atoms with E-state index in [1.165, 1.54) is 5.56 Å². The summed E-state index contributed by atoms with van der Waals surface area (Å²) in [5, 5.41) is 0.760. The Kier molecular flexibility index (Phi) is 3.34. The first-order chi connectivity index (χ1) is 9.31. The second-order valence-corrected chi connectivity index (χ2v) is 4.85. The third-order valence-electron chi connectivity index (χ3n) is 2.98. The summed E-state index contributed by atoms with van der Waals surface area (Å²) in [4.78, 5) is 7.83. The van der Waals surface area contributed by atoms with Crippen molar-refractivity contribution in [1.82, 2.24) is 9.97 Å². The Balaban J connectivity index is 1.80. The highest BCUT2D eigenvalue weighted by Crippen LogP contribution is 2.17. The van der Waals surface area contributed by atoms with Crippen LogP contribution in [0, 0.1) is 0 Å². The zero-order valence-electron chi connectivity index (χ0n) is 10.3. The Bertz CT molecular complexity index is 657. The van der Waals surface area contributed by atoms with Crippen LogP contribution in [0.2, 0.25) is 5.02 Å². The molecule has 0 saturated heterocycles. The lowest BCUT2D eigenvalue weighted by molar-refractivity contribution is 1.11.